The second-order valence-corrected chi connectivity index (χ2v) is 4.75. The summed E-state index contributed by atoms with van der Waals surface area (Å²) in [5.41, 5.74) is 5.90. The summed E-state index contributed by atoms with van der Waals surface area (Å²) in [6.45, 7) is 1.61. The Bertz CT molecular complexity index is 268. The molecule has 1 saturated carbocycles. The van der Waals surface area contributed by atoms with Gasteiger partial charge in [0.15, 0.2) is 0 Å². The molecule has 0 bridgehead atoms. The Morgan fingerprint density at radius 3 is 2.65 bits per heavy atom. The highest BCUT2D eigenvalue weighted by Crippen LogP contribution is 2.28. The van der Waals surface area contributed by atoms with Gasteiger partial charge in [0.2, 0.25) is 5.91 Å². The van der Waals surface area contributed by atoms with E-state index >= 15 is 0 Å². The van der Waals surface area contributed by atoms with Gasteiger partial charge in [-0.15, -0.1) is 0 Å². The molecule has 1 rings (SSSR count). The lowest BCUT2D eigenvalue weighted by Crippen LogP contribution is -2.47. The Labute approximate surface area is 98.9 Å². The fourth-order valence-corrected chi connectivity index (χ4v) is 2.21. The van der Waals surface area contributed by atoms with E-state index in [0.29, 0.717) is 6.42 Å². The van der Waals surface area contributed by atoms with E-state index in [2.05, 4.69) is 5.32 Å². The molecule has 6 heteroatoms. The Morgan fingerprint density at radius 1 is 1.41 bits per heavy atom. The van der Waals surface area contributed by atoms with E-state index < -0.39 is 12.6 Å². The quantitative estimate of drug-likeness (QED) is 0.805. The number of carbonyl (C=O) groups is 1. The molecule has 3 unspecified atom stereocenters. The minimum atomic E-state index is -4.23. The molecule has 3 atom stereocenters. The predicted molar refractivity (Wildman–Crippen MR) is 58.2 cm³/mol. The van der Waals surface area contributed by atoms with Crippen molar-refractivity contribution in [1.29, 1.82) is 0 Å². The van der Waals surface area contributed by atoms with Crippen molar-refractivity contribution < 1.29 is 18.0 Å². The molecule has 17 heavy (non-hydrogen) atoms. The molecule has 1 amide bonds. The summed E-state index contributed by atoms with van der Waals surface area (Å²) < 4.78 is 35.7. The van der Waals surface area contributed by atoms with Crippen molar-refractivity contribution in [1.82, 2.24) is 5.32 Å². The molecule has 0 aliphatic heterocycles. The maximum atomic E-state index is 11.9. The average molecular weight is 252 g/mol. The summed E-state index contributed by atoms with van der Waals surface area (Å²) in [5, 5.41) is 2.32. The van der Waals surface area contributed by atoms with E-state index in [1.807, 2.05) is 6.92 Å². The van der Waals surface area contributed by atoms with Crippen molar-refractivity contribution in [2.75, 3.05) is 6.54 Å². The number of halogens is 3. The largest absolute Gasteiger partial charge is 0.390 e. The number of alkyl halides is 3. The molecule has 1 aliphatic rings. The van der Waals surface area contributed by atoms with Gasteiger partial charge in [-0.3, -0.25) is 4.79 Å². The van der Waals surface area contributed by atoms with Crippen molar-refractivity contribution in [3.05, 3.63) is 0 Å². The monoisotopic (exact) mass is 252 g/mol. The lowest BCUT2D eigenvalue weighted by molar-refractivity contribution is -0.137. The second-order valence-electron chi connectivity index (χ2n) is 4.75. The maximum absolute atomic E-state index is 11.9. The molecular weight excluding hydrogens is 233 g/mol. The lowest BCUT2D eigenvalue weighted by atomic mass is 9.78. The van der Waals surface area contributed by atoms with Gasteiger partial charge in [0.1, 0.15) is 0 Å². The van der Waals surface area contributed by atoms with E-state index in [9.17, 15) is 18.0 Å². The Hall–Kier alpha value is -0.780. The SMILES string of the molecule is CC1CCCC(C(=O)NCCC(F)(F)F)C1N. The normalized spacial score (nSPS) is 30.1. The number of hydrogen-bond acceptors (Lipinski definition) is 2. The third-order valence-electron chi connectivity index (χ3n) is 3.34. The smallest absolute Gasteiger partial charge is 0.355 e. The van der Waals surface area contributed by atoms with Crippen LogP contribution in [-0.4, -0.2) is 24.7 Å². The first-order valence-corrected chi connectivity index (χ1v) is 5.91. The van der Waals surface area contributed by atoms with Crippen LogP contribution < -0.4 is 11.1 Å². The number of hydrogen-bond donors (Lipinski definition) is 2. The molecule has 0 aromatic carbocycles. The summed E-state index contributed by atoms with van der Waals surface area (Å²) in [6.07, 6.45) is -2.66. The van der Waals surface area contributed by atoms with Crippen molar-refractivity contribution in [3.8, 4) is 0 Å². The molecule has 0 heterocycles. The summed E-state index contributed by atoms with van der Waals surface area (Å²) >= 11 is 0. The highest BCUT2D eigenvalue weighted by Gasteiger charge is 2.33. The van der Waals surface area contributed by atoms with Crippen molar-refractivity contribution in [3.63, 3.8) is 0 Å². The van der Waals surface area contributed by atoms with Crippen LogP contribution in [0.1, 0.15) is 32.6 Å². The fraction of sp³-hybridized carbons (Fsp3) is 0.909. The summed E-state index contributed by atoms with van der Waals surface area (Å²) in [5.74, 6) is -0.428. The zero-order valence-corrected chi connectivity index (χ0v) is 9.89. The van der Waals surface area contributed by atoms with E-state index in [-0.39, 0.29) is 30.3 Å². The highest BCUT2D eigenvalue weighted by molar-refractivity contribution is 5.79. The topological polar surface area (TPSA) is 55.1 Å². The second kappa shape index (κ2) is 5.71. The Morgan fingerprint density at radius 2 is 2.06 bits per heavy atom. The van der Waals surface area contributed by atoms with Gasteiger partial charge >= 0.3 is 6.18 Å². The van der Waals surface area contributed by atoms with Crippen LogP contribution in [-0.2, 0) is 4.79 Å². The van der Waals surface area contributed by atoms with Crippen LogP contribution in [0.2, 0.25) is 0 Å². The Kier molecular flexibility index (Phi) is 4.80. The minimum Gasteiger partial charge on any atom is -0.355 e. The highest BCUT2D eigenvalue weighted by atomic mass is 19.4. The third kappa shape index (κ3) is 4.53. The van der Waals surface area contributed by atoms with Crippen LogP contribution in [0, 0.1) is 11.8 Å². The van der Waals surface area contributed by atoms with Crippen molar-refractivity contribution in [2.24, 2.45) is 17.6 Å². The van der Waals surface area contributed by atoms with E-state index in [1.54, 1.807) is 0 Å². The van der Waals surface area contributed by atoms with Crippen LogP contribution in [0.3, 0.4) is 0 Å². The third-order valence-corrected chi connectivity index (χ3v) is 3.34. The zero-order valence-electron chi connectivity index (χ0n) is 9.89. The van der Waals surface area contributed by atoms with E-state index in [1.165, 1.54) is 0 Å². The Balaban J connectivity index is 2.37. The first kappa shape index (κ1) is 14.3. The summed E-state index contributed by atoms with van der Waals surface area (Å²) in [4.78, 5) is 11.7. The number of carbonyl (C=O) groups excluding carboxylic acids is 1. The van der Waals surface area contributed by atoms with Gasteiger partial charge in [-0.1, -0.05) is 13.3 Å². The average Bonchev–Trinajstić information content (AvgIpc) is 2.20. The van der Waals surface area contributed by atoms with Crippen molar-refractivity contribution in [2.45, 2.75) is 44.8 Å². The lowest BCUT2D eigenvalue weighted by Gasteiger charge is -2.32. The summed E-state index contributed by atoms with van der Waals surface area (Å²) in [6, 6.07) is -0.241. The van der Waals surface area contributed by atoms with Gasteiger partial charge in [0, 0.05) is 12.6 Å². The van der Waals surface area contributed by atoms with Crippen LogP contribution in [0.5, 0.6) is 0 Å². The van der Waals surface area contributed by atoms with Crippen LogP contribution in [0.4, 0.5) is 13.2 Å². The minimum absolute atomic E-state index is 0.241. The molecule has 1 aliphatic carbocycles. The number of rotatable bonds is 3. The fourth-order valence-electron chi connectivity index (χ4n) is 2.21. The molecule has 0 aromatic heterocycles. The van der Waals surface area contributed by atoms with Gasteiger partial charge < -0.3 is 11.1 Å². The van der Waals surface area contributed by atoms with E-state index in [4.69, 9.17) is 5.73 Å². The van der Waals surface area contributed by atoms with Crippen LogP contribution >= 0.6 is 0 Å². The molecule has 3 N–H and O–H groups in total. The van der Waals surface area contributed by atoms with Gasteiger partial charge in [-0.05, 0) is 18.8 Å². The molecule has 0 spiro atoms. The number of nitrogens with two attached hydrogens (primary N) is 1. The molecular formula is C11H19F3N2O. The first-order chi connectivity index (χ1) is 7.81. The van der Waals surface area contributed by atoms with Gasteiger partial charge in [-0.2, -0.15) is 13.2 Å². The molecule has 1 fully saturated rings. The molecule has 0 radical (unpaired) electrons. The zero-order chi connectivity index (χ0) is 13.1. The van der Waals surface area contributed by atoms with Gasteiger partial charge in [0.25, 0.3) is 0 Å². The van der Waals surface area contributed by atoms with Crippen LogP contribution in [0.15, 0.2) is 0 Å². The maximum Gasteiger partial charge on any atom is 0.390 e. The molecule has 100 valence electrons. The van der Waals surface area contributed by atoms with Gasteiger partial charge in [-0.25, -0.2) is 0 Å². The van der Waals surface area contributed by atoms with Crippen LogP contribution in [0.25, 0.3) is 0 Å². The molecule has 0 saturated heterocycles. The molecule has 0 aromatic rings. The summed E-state index contributed by atoms with van der Waals surface area (Å²) in [7, 11) is 0. The standard InChI is InChI=1S/C11H19F3N2O/c1-7-3-2-4-8(9(7)15)10(17)16-6-5-11(12,13)14/h7-9H,2-6,15H2,1H3,(H,16,17). The van der Waals surface area contributed by atoms with Gasteiger partial charge in [0.05, 0.1) is 12.3 Å². The van der Waals surface area contributed by atoms with E-state index in [0.717, 1.165) is 12.8 Å². The van der Waals surface area contributed by atoms with Crippen molar-refractivity contribution >= 4 is 5.91 Å². The number of amides is 1. The molecule has 3 nitrogen and oxygen atoms in total. The predicted octanol–water partition coefficient (Wildman–Crippen LogP) is 1.82. The number of nitrogens with one attached hydrogen (secondary N) is 1. The first-order valence-electron chi connectivity index (χ1n) is 5.91.